The molecule has 5 unspecified atom stereocenters. The van der Waals surface area contributed by atoms with Crippen LogP contribution in [0.2, 0.25) is 0 Å². The van der Waals surface area contributed by atoms with Gasteiger partial charge in [-0.3, -0.25) is 0 Å². The molecule has 2 rings (SSSR count). The smallest absolute Gasteiger partial charge is 0.0998 e. The lowest BCUT2D eigenvalue weighted by molar-refractivity contribution is -0.0681. The van der Waals surface area contributed by atoms with Crippen LogP contribution in [0.4, 0.5) is 0 Å². The van der Waals surface area contributed by atoms with Gasteiger partial charge in [0.15, 0.2) is 0 Å². The summed E-state index contributed by atoms with van der Waals surface area (Å²) in [5.74, 6) is 0.828. The highest BCUT2D eigenvalue weighted by atomic mass is 35.5. The lowest BCUT2D eigenvalue weighted by Crippen LogP contribution is -2.46. The first-order valence-electron chi connectivity index (χ1n) is 9.71. The fourth-order valence-electron chi connectivity index (χ4n) is 4.43. The van der Waals surface area contributed by atoms with Crippen molar-refractivity contribution in [2.24, 2.45) is 11.8 Å². The molecule has 0 aromatic rings. The highest BCUT2D eigenvalue weighted by Crippen LogP contribution is 2.34. The second kappa shape index (κ2) is 11.1. The lowest BCUT2D eigenvalue weighted by atomic mass is 9.82. The highest BCUT2D eigenvalue weighted by Gasteiger charge is 2.38. The van der Waals surface area contributed by atoms with Crippen molar-refractivity contribution in [2.75, 3.05) is 34.4 Å². The molecule has 2 fully saturated rings. The molecule has 0 spiro atoms. The molecule has 25 heavy (non-hydrogen) atoms. The van der Waals surface area contributed by atoms with Crippen LogP contribution in [0.3, 0.4) is 0 Å². The van der Waals surface area contributed by atoms with Gasteiger partial charge in [0.05, 0.1) is 29.8 Å². The van der Waals surface area contributed by atoms with Crippen molar-refractivity contribution in [2.45, 2.75) is 74.7 Å². The Morgan fingerprint density at radius 2 is 1.72 bits per heavy atom. The normalized spacial score (nSPS) is 37.8. The van der Waals surface area contributed by atoms with Gasteiger partial charge in [0, 0.05) is 27.9 Å². The summed E-state index contributed by atoms with van der Waals surface area (Å²) < 4.78 is 16.4. The fraction of sp³-hybridized carbons (Fsp3) is 1.00. The fourth-order valence-corrected chi connectivity index (χ4v) is 4.94. The Labute approximate surface area is 157 Å². The number of aliphatic hydroxyl groups is 1. The summed E-state index contributed by atoms with van der Waals surface area (Å²) in [6.07, 6.45) is 7.49. The molecular weight excluding hydrogens is 342 g/mol. The minimum atomic E-state index is -0.263. The van der Waals surface area contributed by atoms with Gasteiger partial charge in [0.2, 0.25) is 0 Å². The van der Waals surface area contributed by atoms with Crippen molar-refractivity contribution in [3.05, 3.63) is 0 Å². The Kier molecular flexibility index (Phi) is 9.46. The molecule has 0 bridgehead atoms. The van der Waals surface area contributed by atoms with E-state index in [-0.39, 0.29) is 23.7 Å². The van der Waals surface area contributed by atoms with Crippen LogP contribution in [0.25, 0.3) is 0 Å². The molecule has 0 saturated heterocycles. The molecular formula is C19H36ClNO4. The molecule has 148 valence electrons. The van der Waals surface area contributed by atoms with Gasteiger partial charge in [-0.05, 0) is 63.3 Å². The van der Waals surface area contributed by atoms with Crippen molar-refractivity contribution < 1.29 is 19.3 Å². The zero-order valence-corrected chi connectivity index (χ0v) is 16.7. The molecule has 0 heterocycles. The molecule has 5 atom stereocenters. The summed E-state index contributed by atoms with van der Waals surface area (Å²) in [6.45, 7) is 1.54. The second-order valence-corrected chi connectivity index (χ2v) is 8.09. The molecule has 2 aliphatic carbocycles. The number of rotatable bonds is 9. The van der Waals surface area contributed by atoms with E-state index in [1.54, 1.807) is 21.3 Å². The first-order chi connectivity index (χ1) is 12.1. The molecule has 0 radical (unpaired) electrons. The highest BCUT2D eigenvalue weighted by molar-refractivity contribution is 6.21. The monoisotopic (exact) mass is 377 g/mol. The van der Waals surface area contributed by atoms with E-state index in [1.807, 2.05) is 0 Å². The predicted molar refractivity (Wildman–Crippen MR) is 100 cm³/mol. The van der Waals surface area contributed by atoms with Crippen LogP contribution in [-0.4, -0.2) is 69.3 Å². The standard InChI is InChI=1S/C19H36ClNO4/c1-23-15-7-4-13(5-8-15)16(22)12-21-11-10-14-6-9-17(24-2)19(25-3)18(14)20/h13-19,21-22H,4-12H2,1-3H3. The number of methoxy groups -OCH3 is 3. The van der Waals surface area contributed by atoms with Crippen molar-refractivity contribution in [3.63, 3.8) is 0 Å². The Balaban J connectivity index is 1.64. The van der Waals surface area contributed by atoms with E-state index in [2.05, 4.69) is 5.32 Å². The van der Waals surface area contributed by atoms with E-state index >= 15 is 0 Å². The van der Waals surface area contributed by atoms with Gasteiger partial charge in [0.25, 0.3) is 0 Å². The van der Waals surface area contributed by atoms with Crippen LogP contribution in [0.1, 0.15) is 44.9 Å². The third-order valence-electron chi connectivity index (χ3n) is 6.17. The number of hydrogen-bond acceptors (Lipinski definition) is 5. The minimum absolute atomic E-state index is 0.0141. The van der Waals surface area contributed by atoms with Crippen LogP contribution in [0.15, 0.2) is 0 Å². The van der Waals surface area contributed by atoms with Crippen LogP contribution in [-0.2, 0) is 14.2 Å². The SMILES string of the molecule is COC1CCC(C(O)CNCCC2CCC(OC)C(OC)C2Cl)CC1. The van der Waals surface area contributed by atoms with Gasteiger partial charge < -0.3 is 24.6 Å². The van der Waals surface area contributed by atoms with E-state index in [0.717, 1.165) is 51.5 Å². The van der Waals surface area contributed by atoms with E-state index in [0.29, 0.717) is 24.5 Å². The molecule has 0 aromatic carbocycles. The zero-order chi connectivity index (χ0) is 18.2. The summed E-state index contributed by atoms with van der Waals surface area (Å²) in [5, 5.41) is 13.8. The number of halogens is 1. The summed E-state index contributed by atoms with van der Waals surface area (Å²) in [7, 11) is 5.21. The quantitative estimate of drug-likeness (QED) is 0.477. The molecule has 2 aliphatic rings. The summed E-state index contributed by atoms with van der Waals surface area (Å²) >= 11 is 6.62. The second-order valence-electron chi connectivity index (χ2n) is 7.59. The van der Waals surface area contributed by atoms with Gasteiger partial charge in [-0.2, -0.15) is 0 Å². The minimum Gasteiger partial charge on any atom is -0.392 e. The number of aliphatic hydroxyl groups excluding tert-OH is 1. The molecule has 2 N–H and O–H groups in total. The first-order valence-corrected chi connectivity index (χ1v) is 10.2. The van der Waals surface area contributed by atoms with E-state index in [4.69, 9.17) is 25.8 Å². The number of nitrogens with one attached hydrogen (secondary N) is 1. The number of alkyl halides is 1. The Morgan fingerprint density at radius 3 is 2.32 bits per heavy atom. The molecule has 6 heteroatoms. The van der Waals surface area contributed by atoms with E-state index in [9.17, 15) is 5.11 Å². The Morgan fingerprint density at radius 1 is 1.00 bits per heavy atom. The molecule has 0 aromatic heterocycles. The third-order valence-corrected chi connectivity index (χ3v) is 6.77. The summed E-state index contributed by atoms with van der Waals surface area (Å²) in [5.41, 5.74) is 0. The summed E-state index contributed by atoms with van der Waals surface area (Å²) in [6, 6.07) is 0. The maximum atomic E-state index is 10.4. The van der Waals surface area contributed by atoms with Gasteiger partial charge >= 0.3 is 0 Å². The molecule has 5 nitrogen and oxygen atoms in total. The van der Waals surface area contributed by atoms with E-state index in [1.165, 1.54) is 0 Å². The third kappa shape index (κ3) is 6.05. The average Bonchev–Trinajstić information content (AvgIpc) is 2.65. The van der Waals surface area contributed by atoms with Gasteiger partial charge in [-0.1, -0.05) is 0 Å². The van der Waals surface area contributed by atoms with Gasteiger partial charge in [-0.25, -0.2) is 0 Å². The topological polar surface area (TPSA) is 60.0 Å². The van der Waals surface area contributed by atoms with Crippen molar-refractivity contribution >= 4 is 11.6 Å². The van der Waals surface area contributed by atoms with Gasteiger partial charge in [0.1, 0.15) is 0 Å². The molecule has 0 aliphatic heterocycles. The largest absolute Gasteiger partial charge is 0.392 e. The Bertz CT molecular complexity index is 365. The van der Waals surface area contributed by atoms with Crippen LogP contribution >= 0.6 is 11.6 Å². The van der Waals surface area contributed by atoms with Crippen LogP contribution < -0.4 is 5.32 Å². The summed E-state index contributed by atoms with van der Waals surface area (Å²) in [4.78, 5) is 0. The maximum absolute atomic E-state index is 10.4. The number of ether oxygens (including phenoxy) is 3. The predicted octanol–water partition coefficient (Wildman–Crippen LogP) is 2.58. The van der Waals surface area contributed by atoms with E-state index < -0.39 is 0 Å². The average molecular weight is 378 g/mol. The zero-order valence-electron chi connectivity index (χ0n) is 16.0. The lowest BCUT2D eigenvalue weighted by Gasteiger charge is -2.38. The van der Waals surface area contributed by atoms with Gasteiger partial charge in [-0.15, -0.1) is 11.6 Å². The van der Waals surface area contributed by atoms with Crippen LogP contribution in [0.5, 0.6) is 0 Å². The first kappa shape index (κ1) is 21.4. The molecule has 2 saturated carbocycles. The molecule has 0 amide bonds. The van der Waals surface area contributed by atoms with Crippen LogP contribution in [0, 0.1) is 11.8 Å². The van der Waals surface area contributed by atoms with Crippen molar-refractivity contribution in [1.29, 1.82) is 0 Å². The van der Waals surface area contributed by atoms with Crippen molar-refractivity contribution in [1.82, 2.24) is 5.32 Å². The van der Waals surface area contributed by atoms with Crippen molar-refractivity contribution in [3.8, 4) is 0 Å². The Hall–Kier alpha value is 0.0900. The maximum Gasteiger partial charge on any atom is 0.0998 e. The number of hydrogen-bond donors (Lipinski definition) is 2.